The van der Waals surface area contributed by atoms with Crippen LogP contribution in [0.2, 0.25) is 0 Å². The summed E-state index contributed by atoms with van der Waals surface area (Å²) in [6, 6.07) is 79.8. The zero-order valence-electron chi connectivity index (χ0n) is 42.1. The van der Waals surface area contributed by atoms with Gasteiger partial charge in [0.05, 0.1) is 0 Å². The van der Waals surface area contributed by atoms with Crippen molar-refractivity contribution in [3.8, 4) is 66.8 Å². The summed E-state index contributed by atoms with van der Waals surface area (Å²) in [7, 11) is 0. The number of benzene rings is 13. The maximum absolute atomic E-state index is 2.61. The average Bonchev–Trinajstić information content (AvgIpc) is 3.90. The van der Waals surface area contributed by atoms with Crippen LogP contribution in [0.15, 0.2) is 206 Å². The summed E-state index contributed by atoms with van der Waals surface area (Å²) < 4.78 is 0. The molecule has 73 heavy (non-hydrogen) atoms. The number of hydrogen-bond donors (Lipinski definition) is 0. The predicted molar refractivity (Wildman–Crippen MR) is 312 cm³/mol. The topological polar surface area (TPSA) is 0 Å². The van der Waals surface area contributed by atoms with Crippen molar-refractivity contribution in [2.45, 2.75) is 57.8 Å². The molecule has 344 valence electrons. The summed E-state index contributed by atoms with van der Waals surface area (Å²) in [5.41, 5.74) is 23.7. The number of hydrogen-bond acceptors (Lipinski definition) is 0. The molecule has 13 aromatic rings. The lowest BCUT2D eigenvalue weighted by molar-refractivity contribution is 0.660. The number of fused-ring (bicyclic) bond motifs is 13. The van der Waals surface area contributed by atoms with Gasteiger partial charge in [0.1, 0.15) is 0 Å². The molecule has 0 heterocycles. The van der Waals surface area contributed by atoms with Crippen LogP contribution >= 0.6 is 0 Å². The van der Waals surface area contributed by atoms with Crippen LogP contribution in [0.25, 0.3) is 131 Å². The summed E-state index contributed by atoms with van der Waals surface area (Å²) in [5, 5.41) is 15.8. The molecule has 3 aliphatic rings. The van der Waals surface area contributed by atoms with E-state index in [0.29, 0.717) is 0 Å². The van der Waals surface area contributed by atoms with Gasteiger partial charge in [-0.2, -0.15) is 0 Å². The second-order valence-electron chi connectivity index (χ2n) is 23.1. The van der Waals surface area contributed by atoms with Crippen LogP contribution < -0.4 is 0 Å². The Kier molecular flexibility index (Phi) is 7.92. The first kappa shape index (κ1) is 41.3. The highest BCUT2D eigenvalue weighted by atomic mass is 14.4. The van der Waals surface area contributed by atoms with E-state index in [9.17, 15) is 0 Å². The van der Waals surface area contributed by atoms with Gasteiger partial charge < -0.3 is 0 Å². The van der Waals surface area contributed by atoms with E-state index in [1.165, 1.54) is 165 Å². The summed E-state index contributed by atoms with van der Waals surface area (Å²) in [5.74, 6) is 0. The van der Waals surface area contributed by atoms with Crippen molar-refractivity contribution < 1.29 is 0 Å². The van der Waals surface area contributed by atoms with Crippen LogP contribution in [-0.2, 0) is 16.2 Å². The van der Waals surface area contributed by atoms with Crippen molar-refractivity contribution in [3.05, 3.63) is 240 Å². The second kappa shape index (κ2) is 14.0. The largest absolute Gasteiger partial charge is 0.0619 e. The number of rotatable bonds is 3. The summed E-state index contributed by atoms with van der Waals surface area (Å²) in [6.45, 7) is 14.5. The monoisotopic (exact) mass is 928 g/mol. The lowest BCUT2D eigenvalue weighted by atomic mass is 9.77. The van der Waals surface area contributed by atoms with E-state index >= 15 is 0 Å². The smallest absolute Gasteiger partial charge is 0.0159 e. The molecule has 0 heteroatoms. The van der Waals surface area contributed by atoms with Crippen LogP contribution in [-0.4, -0.2) is 0 Å². The van der Waals surface area contributed by atoms with Crippen molar-refractivity contribution in [2.24, 2.45) is 0 Å². The lowest BCUT2D eigenvalue weighted by Crippen LogP contribution is -2.15. The molecular formula is C73H52. The van der Waals surface area contributed by atoms with Crippen molar-refractivity contribution >= 4 is 64.6 Å². The molecule has 13 aromatic carbocycles. The van der Waals surface area contributed by atoms with Gasteiger partial charge in [-0.15, -0.1) is 0 Å². The summed E-state index contributed by atoms with van der Waals surface area (Å²) in [6.07, 6.45) is 0. The molecule has 0 saturated carbocycles. The molecule has 0 atom stereocenters. The highest BCUT2D eigenvalue weighted by molar-refractivity contribution is 6.34. The molecule has 0 radical (unpaired) electrons. The normalized spacial score (nSPS) is 15.3. The minimum Gasteiger partial charge on any atom is -0.0619 e. The molecule has 0 N–H and O–H groups in total. The first-order valence-corrected chi connectivity index (χ1v) is 26.2. The van der Waals surface area contributed by atoms with Crippen LogP contribution in [0.5, 0.6) is 0 Å². The van der Waals surface area contributed by atoms with E-state index in [0.717, 1.165) is 0 Å². The van der Waals surface area contributed by atoms with E-state index < -0.39 is 0 Å². The highest BCUT2D eigenvalue weighted by Crippen LogP contribution is 2.57. The molecule has 0 fully saturated rings. The standard InChI is InChI=1S/C73H52/c1-71(2)61-26-11-9-18-46(61)48-32-29-43(37-64(48)71)68-52-20-7-8-21-53(52)69(44-30-33-49-47-19-10-12-27-62(47)72(3,4)65(49)38-44)60-40-66-58(39-59(60)68)50-31-28-42(36-63(50)73(66,5)6)45-34-35-57-55-23-14-17-41-16-13-22-54(67(41)55)56-25-15-24-51(45)70(56)57/h7-40H,1-6H3. The van der Waals surface area contributed by atoms with Gasteiger partial charge in [0.15, 0.2) is 0 Å². The molecule has 0 unspecified atom stereocenters. The Balaban J connectivity index is 0.945. The van der Waals surface area contributed by atoms with Gasteiger partial charge >= 0.3 is 0 Å². The first-order chi connectivity index (χ1) is 35.5. The van der Waals surface area contributed by atoms with Gasteiger partial charge in [0.25, 0.3) is 0 Å². The highest BCUT2D eigenvalue weighted by Gasteiger charge is 2.40. The summed E-state index contributed by atoms with van der Waals surface area (Å²) in [4.78, 5) is 0. The van der Waals surface area contributed by atoms with Gasteiger partial charge in [-0.3, -0.25) is 0 Å². The SMILES string of the molecule is CC1(C)c2ccccc2-c2ccc(-c3c4ccccc4c(-c4ccc5c(c4)C(C)(C)c4ccccc4-5)c4cc5c(cc34)-c3ccc(-c4ccc6c7cccc8cccc(c9cccc4c96)c87)cc3C5(C)C)cc21. The van der Waals surface area contributed by atoms with E-state index in [4.69, 9.17) is 0 Å². The van der Waals surface area contributed by atoms with E-state index in [1.54, 1.807) is 0 Å². The molecular weight excluding hydrogens is 877 g/mol. The Labute approximate surface area is 426 Å². The van der Waals surface area contributed by atoms with Crippen molar-refractivity contribution in [3.63, 3.8) is 0 Å². The molecule has 0 saturated heterocycles. The minimum atomic E-state index is -0.260. The quantitative estimate of drug-likeness (QED) is 0.122. The van der Waals surface area contributed by atoms with E-state index in [1.807, 2.05) is 0 Å². The minimum absolute atomic E-state index is 0.117. The van der Waals surface area contributed by atoms with Crippen LogP contribution in [0.1, 0.15) is 74.9 Å². The van der Waals surface area contributed by atoms with Crippen LogP contribution in [0.4, 0.5) is 0 Å². The van der Waals surface area contributed by atoms with Gasteiger partial charge in [-0.1, -0.05) is 217 Å². The third kappa shape index (κ3) is 5.26. The van der Waals surface area contributed by atoms with Gasteiger partial charge in [0, 0.05) is 16.2 Å². The third-order valence-electron chi connectivity index (χ3n) is 18.4. The van der Waals surface area contributed by atoms with Crippen LogP contribution in [0, 0.1) is 0 Å². The molecule has 0 bridgehead atoms. The van der Waals surface area contributed by atoms with Crippen molar-refractivity contribution in [1.29, 1.82) is 0 Å². The fraction of sp³-hybridized carbons (Fsp3) is 0.123. The van der Waals surface area contributed by atoms with Gasteiger partial charge in [0.2, 0.25) is 0 Å². The van der Waals surface area contributed by atoms with E-state index in [-0.39, 0.29) is 16.2 Å². The Morgan fingerprint density at radius 3 is 1.19 bits per heavy atom. The molecule has 0 amide bonds. The Hall–Kier alpha value is -8.32. The molecule has 3 aliphatic carbocycles. The molecule has 16 rings (SSSR count). The average molecular weight is 929 g/mol. The molecule has 0 nitrogen and oxygen atoms in total. The van der Waals surface area contributed by atoms with Crippen molar-refractivity contribution in [1.82, 2.24) is 0 Å². The molecule has 0 aliphatic heterocycles. The molecule has 0 spiro atoms. The second-order valence-corrected chi connectivity index (χ2v) is 23.1. The third-order valence-corrected chi connectivity index (χ3v) is 18.4. The first-order valence-electron chi connectivity index (χ1n) is 26.2. The Morgan fingerprint density at radius 2 is 0.603 bits per heavy atom. The fourth-order valence-electron chi connectivity index (χ4n) is 14.8. The van der Waals surface area contributed by atoms with E-state index in [2.05, 4.69) is 248 Å². The zero-order valence-corrected chi connectivity index (χ0v) is 42.1. The summed E-state index contributed by atoms with van der Waals surface area (Å²) >= 11 is 0. The predicted octanol–water partition coefficient (Wildman–Crippen LogP) is 20.0. The molecule has 0 aromatic heterocycles. The van der Waals surface area contributed by atoms with Crippen LogP contribution in [0.3, 0.4) is 0 Å². The van der Waals surface area contributed by atoms with Gasteiger partial charge in [-0.25, -0.2) is 0 Å². The van der Waals surface area contributed by atoms with Gasteiger partial charge in [-0.05, 0) is 195 Å². The lowest BCUT2D eigenvalue weighted by Gasteiger charge is -2.25. The maximum Gasteiger partial charge on any atom is 0.0159 e. The fourth-order valence-corrected chi connectivity index (χ4v) is 14.8. The Bertz CT molecular complexity index is 4580. The maximum atomic E-state index is 2.61. The van der Waals surface area contributed by atoms with Crippen molar-refractivity contribution in [2.75, 3.05) is 0 Å². The zero-order chi connectivity index (χ0) is 48.9. The Morgan fingerprint density at radius 1 is 0.219 bits per heavy atom.